The molecule has 0 bridgehead atoms. The van der Waals surface area contributed by atoms with E-state index in [4.69, 9.17) is 14.0 Å². The third-order valence-electron chi connectivity index (χ3n) is 4.12. The minimum absolute atomic E-state index is 0.0980. The smallest absolute Gasteiger partial charge is 0.414 e. The predicted octanol–water partition coefficient (Wildman–Crippen LogP) is 1.74. The first kappa shape index (κ1) is 15.1. The summed E-state index contributed by atoms with van der Waals surface area (Å²) in [4.78, 5) is 17.7. The number of carbonyl (C=O) groups excluding carboxylic acids is 1. The normalized spacial score (nSPS) is 24.2. The molecule has 2 aliphatic heterocycles. The summed E-state index contributed by atoms with van der Waals surface area (Å²) < 4.78 is 16.0. The number of ether oxygens (including phenoxy) is 2. The number of hydrogen-bond donors (Lipinski definition) is 1. The number of cyclic esters (lactones) is 1. The molecule has 2 saturated heterocycles. The highest BCUT2D eigenvalue weighted by molar-refractivity contribution is 5.90. The van der Waals surface area contributed by atoms with Crippen LogP contribution in [0.3, 0.4) is 0 Å². The lowest BCUT2D eigenvalue weighted by atomic mass is 10.2. The Morgan fingerprint density at radius 3 is 3.04 bits per heavy atom. The number of carbonyl (C=O) groups is 1. The number of nitrogens with zero attached hydrogens (tertiary/aromatic N) is 3. The second-order valence-electron chi connectivity index (χ2n) is 5.88. The van der Waals surface area contributed by atoms with E-state index < -0.39 is 0 Å². The minimum Gasteiger partial charge on any atom is -0.447 e. The summed E-state index contributed by atoms with van der Waals surface area (Å²) >= 11 is 0. The third kappa shape index (κ3) is 2.85. The summed E-state index contributed by atoms with van der Waals surface area (Å²) in [7, 11) is 0. The number of amides is 1. The van der Waals surface area contributed by atoms with Gasteiger partial charge in [0.25, 0.3) is 0 Å². The Labute approximate surface area is 138 Å². The average molecular weight is 330 g/mol. The van der Waals surface area contributed by atoms with Gasteiger partial charge in [0.05, 0.1) is 19.3 Å². The van der Waals surface area contributed by atoms with Crippen molar-refractivity contribution in [2.24, 2.45) is 0 Å². The molecule has 1 amide bonds. The van der Waals surface area contributed by atoms with E-state index in [9.17, 15) is 4.79 Å². The quantitative estimate of drug-likeness (QED) is 0.917. The van der Waals surface area contributed by atoms with Crippen molar-refractivity contribution >= 4 is 11.8 Å². The Bertz CT molecular complexity index is 739. The van der Waals surface area contributed by atoms with Crippen LogP contribution in [0.5, 0.6) is 0 Å². The molecular formula is C16H18N4O4. The molecule has 0 saturated carbocycles. The highest BCUT2D eigenvalue weighted by Gasteiger charge is 2.26. The monoisotopic (exact) mass is 330 g/mol. The summed E-state index contributed by atoms with van der Waals surface area (Å²) in [5, 5.41) is 7.37. The Morgan fingerprint density at radius 2 is 2.29 bits per heavy atom. The van der Waals surface area contributed by atoms with Gasteiger partial charge in [-0.3, -0.25) is 4.90 Å². The maximum absolute atomic E-state index is 11.7. The molecule has 2 atom stereocenters. The first-order valence-corrected chi connectivity index (χ1v) is 7.94. The molecule has 2 fully saturated rings. The van der Waals surface area contributed by atoms with Crippen LogP contribution < -0.4 is 10.2 Å². The van der Waals surface area contributed by atoms with Crippen molar-refractivity contribution < 1.29 is 18.8 Å². The van der Waals surface area contributed by atoms with Crippen LogP contribution in [0.4, 0.5) is 10.5 Å². The first-order valence-electron chi connectivity index (χ1n) is 7.94. The van der Waals surface area contributed by atoms with Crippen molar-refractivity contribution in [3.63, 3.8) is 0 Å². The summed E-state index contributed by atoms with van der Waals surface area (Å²) in [5.74, 6) is 0.989. The highest BCUT2D eigenvalue weighted by Crippen LogP contribution is 2.26. The van der Waals surface area contributed by atoms with Crippen molar-refractivity contribution in [2.75, 3.05) is 31.2 Å². The molecule has 1 aromatic carbocycles. The molecule has 0 unspecified atom stereocenters. The number of nitrogens with one attached hydrogen (secondary N) is 1. The van der Waals surface area contributed by atoms with Crippen LogP contribution in [0.2, 0.25) is 0 Å². The van der Waals surface area contributed by atoms with E-state index >= 15 is 0 Å². The molecule has 3 heterocycles. The van der Waals surface area contributed by atoms with Crippen LogP contribution in [0, 0.1) is 0 Å². The van der Waals surface area contributed by atoms with Crippen molar-refractivity contribution in [3.05, 3.63) is 30.2 Å². The lowest BCUT2D eigenvalue weighted by molar-refractivity contribution is 0.00762. The Hall–Kier alpha value is -2.45. The number of rotatable bonds is 3. The molecule has 126 valence electrons. The topological polar surface area (TPSA) is 89.7 Å². The van der Waals surface area contributed by atoms with Crippen molar-refractivity contribution in [1.29, 1.82) is 0 Å². The summed E-state index contributed by atoms with van der Waals surface area (Å²) in [6, 6.07) is 7.35. The van der Waals surface area contributed by atoms with Gasteiger partial charge >= 0.3 is 6.09 Å². The van der Waals surface area contributed by atoms with Gasteiger partial charge in [0.1, 0.15) is 12.6 Å². The molecule has 24 heavy (non-hydrogen) atoms. The number of benzene rings is 1. The van der Waals surface area contributed by atoms with E-state index in [-0.39, 0.29) is 18.2 Å². The zero-order chi connectivity index (χ0) is 16.5. The summed E-state index contributed by atoms with van der Waals surface area (Å²) in [6.45, 7) is 4.21. The van der Waals surface area contributed by atoms with Gasteiger partial charge in [-0.25, -0.2) is 4.79 Å². The van der Waals surface area contributed by atoms with Gasteiger partial charge in [0.15, 0.2) is 0 Å². The maximum atomic E-state index is 11.7. The number of anilines is 1. The molecule has 2 aliphatic rings. The predicted molar refractivity (Wildman–Crippen MR) is 84.6 cm³/mol. The molecule has 8 heteroatoms. The standard InChI is InChI=1S/C16H18N4O4/c1-10-8-17-13(9-23-10)15-18-14(19-24-15)11-3-2-4-12(7-11)20-5-6-22-16(20)21/h2-4,7,10,13,17H,5-6,8-9H2,1H3/t10-,13-/m0/s1. The number of morpholine rings is 1. The minimum atomic E-state index is -0.335. The first-order chi connectivity index (χ1) is 11.7. The van der Waals surface area contributed by atoms with Crippen LogP contribution >= 0.6 is 0 Å². The molecule has 1 aromatic heterocycles. The average Bonchev–Trinajstić information content (AvgIpc) is 3.25. The van der Waals surface area contributed by atoms with E-state index in [1.54, 1.807) is 4.90 Å². The van der Waals surface area contributed by atoms with E-state index in [1.165, 1.54) is 0 Å². The van der Waals surface area contributed by atoms with Gasteiger partial charge in [-0.15, -0.1) is 0 Å². The van der Waals surface area contributed by atoms with Gasteiger partial charge in [-0.2, -0.15) is 4.98 Å². The highest BCUT2D eigenvalue weighted by atomic mass is 16.6. The van der Waals surface area contributed by atoms with Crippen molar-refractivity contribution in [1.82, 2.24) is 15.5 Å². The largest absolute Gasteiger partial charge is 0.447 e. The van der Waals surface area contributed by atoms with E-state index in [2.05, 4.69) is 15.5 Å². The molecule has 8 nitrogen and oxygen atoms in total. The fraction of sp³-hybridized carbons (Fsp3) is 0.438. The molecule has 1 N–H and O–H groups in total. The fourth-order valence-electron chi connectivity index (χ4n) is 2.78. The van der Waals surface area contributed by atoms with E-state index in [0.29, 0.717) is 31.5 Å². The number of hydrogen-bond acceptors (Lipinski definition) is 7. The van der Waals surface area contributed by atoms with Gasteiger partial charge in [-0.05, 0) is 19.1 Å². The van der Waals surface area contributed by atoms with Crippen LogP contribution in [0.15, 0.2) is 28.8 Å². The van der Waals surface area contributed by atoms with Crippen molar-refractivity contribution in [2.45, 2.75) is 19.1 Å². The molecule has 4 rings (SSSR count). The fourth-order valence-corrected chi connectivity index (χ4v) is 2.78. The van der Waals surface area contributed by atoms with Gasteiger partial charge in [0.2, 0.25) is 11.7 Å². The zero-order valence-corrected chi connectivity index (χ0v) is 13.3. The third-order valence-corrected chi connectivity index (χ3v) is 4.12. The zero-order valence-electron chi connectivity index (χ0n) is 13.3. The van der Waals surface area contributed by atoms with E-state index in [0.717, 1.165) is 17.8 Å². The maximum Gasteiger partial charge on any atom is 0.414 e. The van der Waals surface area contributed by atoms with E-state index in [1.807, 2.05) is 31.2 Å². The summed E-state index contributed by atoms with van der Waals surface area (Å²) in [6.07, 6.45) is -0.154. The lowest BCUT2D eigenvalue weighted by Gasteiger charge is -2.25. The second-order valence-corrected chi connectivity index (χ2v) is 5.88. The molecule has 0 aliphatic carbocycles. The van der Waals surface area contributed by atoms with Gasteiger partial charge in [-0.1, -0.05) is 17.3 Å². The van der Waals surface area contributed by atoms with Crippen LogP contribution in [-0.4, -0.2) is 48.6 Å². The SMILES string of the molecule is C[C@H]1CN[C@H](c2nc(-c3cccc(N4CCOC4=O)c3)no2)CO1. The number of aromatic nitrogens is 2. The van der Waals surface area contributed by atoms with Gasteiger partial charge in [0, 0.05) is 17.8 Å². The lowest BCUT2D eigenvalue weighted by Crippen LogP contribution is -2.39. The molecule has 0 radical (unpaired) electrons. The second kappa shape index (κ2) is 6.21. The molecule has 0 spiro atoms. The Kier molecular flexibility index (Phi) is 3.91. The van der Waals surface area contributed by atoms with Crippen molar-refractivity contribution in [3.8, 4) is 11.4 Å². The Balaban J connectivity index is 1.55. The molecular weight excluding hydrogens is 312 g/mol. The Morgan fingerprint density at radius 1 is 1.38 bits per heavy atom. The van der Waals surface area contributed by atoms with Crippen LogP contribution in [-0.2, 0) is 9.47 Å². The van der Waals surface area contributed by atoms with Crippen LogP contribution in [0.1, 0.15) is 18.9 Å². The van der Waals surface area contributed by atoms with Gasteiger partial charge < -0.3 is 19.3 Å². The van der Waals surface area contributed by atoms with Crippen LogP contribution in [0.25, 0.3) is 11.4 Å². The molecule has 2 aromatic rings. The summed E-state index contributed by atoms with van der Waals surface area (Å²) in [5.41, 5.74) is 1.54.